The lowest BCUT2D eigenvalue weighted by molar-refractivity contribution is -0.161. The van der Waals surface area contributed by atoms with Gasteiger partial charge in [0.1, 0.15) is 5.72 Å². The molecule has 2 saturated heterocycles. The Bertz CT molecular complexity index is 217. The molecular formula is C12H25ClN2O. The van der Waals surface area contributed by atoms with E-state index in [9.17, 15) is 0 Å². The summed E-state index contributed by atoms with van der Waals surface area (Å²) in [6.45, 7) is 10.9. The van der Waals surface area contributed by atoms with E-state index in [0.29, 0.717) is 5.92 Å². The first kappa shape index (κ1) is 14.2. The van der Waals surface area contributed by atoms with Crippen molar-refractivity contribution in [3.05, 3.63) is 0 Å². The molecule has 2 rings (SSSR count). The zero-order chi connectivity index (χ0) is 10.9. The molecule has 0 amide bonds. The lowest BCUT2D eigenvalue weighted by Crippen LogP contribution is -2.60. The highest BCUT2D eigenvalue weighted by Crippen LogP contribution is 2.33. The van der Waals surface area contributed by atoms with Crippen LogP contribution < -0.4 is 10.6 Å². The first-order valence-corrected chi connectivity index (χ1v) is 6.12. The zero-order valence-corrected chi connectivity index (χ0v) is 11.5. The highest BCUT2D eigenvalue weighted by molar-refractivity contribution is 5.85. The SMILES string of the molecule is CC1(C)CNC(C)(C2CCNCC2)OC1.Cl. The van der Waals surface area contributed by atoms with Crippen LogP contribution in [0.15, 0.2) is 0 Å². The number of hydrogen-bond donors (Lipinski definition) is 2. The lowest BCUT2D eigenvalue weighted by atomic mass is 9.84. The number of ether oxygens (including phenoxy) is 1. The highest BCUT2D eigenvalue weighted by Gasteiger charge is 2.41. The third kappa shape index (κ3) is 3.10. The molecule has 96 valence electrons. The molecule has 0 spiro atoms. The quantitative estimate of drug-likeness (QED) is 0.742. The van der Waals surface area contributed by atoms with Crippen molar-refractivity contribution in [2.75, 3.05) is 26.2 Å². The second kappa shape index (κ2) is 5.21. The van der Waals surface area contributed by atoms with Gasteiger partial charge in [0.05, 0.1) is 6.61 Å². The van der Waals surface area contributed by atoms with Crippen LogP contribution in [0.4, 0.5) is 0 Å². The van der Waals surface area contributed by atoms with E-state index in [-0.39, 0.29) is 23.5 Å². The van der Waals surface area contributed by atoms with Crippen molar-refractivity contribution >= 4 is 12.4 Å². The molecule has 2 fully saturated rings. The summed E-state index contributed by atoms with van der Waals surface area (Å²) in [5.41, 5.74) is 0.198. The molecule has 2 aliphatic rings. The monoisotopic (exact) mass is 248 g/mol. The molecule has 0 aromatic heterocycles. The summed E-state index contributed by atoms with van der Waals surface area (Å²) in [4.78, 5) is 0. The van der Waals surface area contributed by atoms with Crippen molar-refractivity contribution in [3.63, 3.8) is 0 Å². The van der Waals surface area contributed by atoms with E-state index in [1.165, 1.54) is 12.8 Å². The van der Waals surface area contributed by atoms with Gasteiger partial charge in [-0.25, -0.2) is 0 Å². The highest BCUT2D eigenvalue weighted by atomic mass is 35.5. The van der Waals surface area contributed by atoms with E-state index in [4.69, 9.17) is 4.74 Å². The molecule has 2 aliphatic heterocycles. The van der Waals surface area contributed by atoms with E-state index >= 15 is 0 Å². The normalized spacial score (nSPS) is 35.4. The fourth-order valence-corrected chi connectivity index (χ4v) is 2.50. The Morgan fingerprint density at radius 2 is 1.75 bits per heavy atom. The number of piperidine rings is 1. The minimum absolute atomic E-state index is 0. The Kier molecular flexibility index (Phi) is 4.64. The molecule has 16 heavy (non-hydrogen) atoms. The fourth-order valence-electron chi connectivity index (χ4n) is 2.50. The number of hydrogen-bond acceptors (Lipinski definition) is 3. The molecule has 3 nitrogen and oxygen atoms in total. The molecule has 1 unspecified atom stereocenters. The predicted octanol–water partition coefficient (Wildman–Crippen LogP) is 1.77. The largest absolute Gasteiger partial charge is 0.360 e. The average molecular weight is 249 g/mol. The third-order valence-corrected chi connectivity index (χ3v) is 3.80. The van der Waals surface area contributed by atoms with Gasteiger partial charge in [0.2, 0.25) is 0 Å². The first-order chi connectivity index (χ1) is 7.02. The Morgan fingerprint density at radius 1 is 1.12 bits per heavy atom. The Morgan fingerprint density at radius 3 is 2.25 bits per heavy atom. The lowest BCUT2D eigenvalue weighted by Gasteiger charge is -2.47. The smallest absolute Gasteiger partial charge is 0.119 e. The van der Waals surface area contributed by atoms with Crippen molar-refractivity contribution in [1.29, 1.82) is 0 Å². The number of nitrogens with one attached hydrogen (secondary N) is 2. The molecule has 4 heteroatoms. The minimum atomic E-state index is -0.0857. The van der Waals surface area contributed by atoms with Crippen LogP contribution in [0.2, 0.25) is 0 Å². The van der Waals surface area contributed by atoms with Gasteiger partial charge in [0.25, 0.3) is 0 Å². The van der Waals surface area contributed by atoms with E-state index in [0.717, 1.165) is 26.2 Å². The summed E-state index contributed by atoms with van der Waals surface area (Å²) in [5.74, 6) is 0.662. The van der Waals surface area contributed by atoms with Gasteiger partial charge in [-0.2, -0.15) is 0 Å². The van der Waals surface area contributed by atoms with Crippen molar-refractivity contribution in [3.8, 4) is 0 Å². The second-order valence-electron chi connectivity index (χ2n) is 5.94. The molecule has 1 atom stereocenters. The van der Waals surface area contributed by atoms with E-state index in [1.54, 1.807) is 0 Å². The molecule has 2 N–H and O–H groups in total. The van der Waals surface area contributed by atoms with E-state index in [1.807, 2.05) is 0 Å². The van der Waals surface area contributed by atoms with Crippen molar-refractivity contribution in [2.24, 2.45) is 11.3 Å². The molecule has 2 heterocycles. The molecule has 0 aliphatic carbocycles. The maximum absolute atomic E-state index is 6.08. The van der Waals surface area contributed by atoms with E-state index < -0.39 is 0 Å². The van der Waals surface area contributed by atoms with E-state index in [2.05, 4.69) is 31.4 Å². The first-order valence-electron chi connectivity index (χ1n) is 6.12. The molecule has 0 saturated carbocycles. The molecule has 0 aromatic carbocycles. The number of halogens is 1. The van der Waals surface area contributed by atoms with Gasteiger partial charge in [-0.05, 0) is 32.9 Å². The maximum Gasteiger partial charge on any atom is 0.119 e. The summed E-state index contributed by atoms with van der Waals surface area (Å²) >= 11 is 0. The Labute approximate surface area is 105 Å². The van der Waals surface area contributed by atoms with Gasteiger partial charge in [-0.3, -0.25) is 5.32 Å². The molecule has 0 bridgehead atoms. The van der Waals surface area contributed by atoms with Gasteiger partial charge < -0.3 is 10.1 Å². The molecule has 0 aromatic rings. The standard InChI is InChI=1S/C12H24N2O.ClH/c1-11(2)8-14-12(3,15-9-11)10-4-6-13-7-5-10;/h10,13-14H,4-9H2,1-3H3;1H. The zero-order valence-electron chi connectivity index (χ0n) is 10.6. The fraction of sp³-hybridized carbons (Fsp3) is 1.00. The van der Waals surface area contributed by atoms with Crippen LogP contribution in [0.3, 0.4) is 0 Å². The molecular weight excluding hydrogens is 224 g/mol. The predicted molar refractivity (Wildman–Crippen MR) is 69.0 cm³/mol. The summed E-state index contributed by atoms with van der Waals surface area (Å²) < 4.78 is 6.08. The van der Waals surface area contributed by atoms with Crippen LogP contribution in [0.25, 0.3) is 0 Å². The van der Waals surface area contributed by atoms with Crippen LogP contribution in [0, 0.1) is 11.3 Å². The summed E-state index contributed by atoms with van der Waals surface area (Å²) in [6.07, 6.45) is 2.45. The van der Waals surface area contributed by atoms with Gasteiger partial charge in [-0.1, -0.05) is 13.8 Å². The van der Waals surface area contributed by atoms with Gasteiger partial charge in [-0.15, -0.1) is 12.4 Å². The van der Waals surface area contributed by atoms with Gasteiger partial charge in [0, 0.05) is 17.9 Å². The van der Waals surface area contributed by atoms with Crippen LogP contribution in [0.5, 0.6) is 0 Å². The Hall–Kier alpha value is 0.170. The van der Waals surface area contributed by atoms with Gasteiger partial charge >= 0.3 is 0 Å². The van der Waals surface area contributed by atoms with Crippen LogP contribution >= 0.6 is 12.4 Å². The summed E-state index contributed by atoms with van der Waals surface area (Å²) in [5, 5.41) is 7.01. The van der Waals surface area contributed by atoms with Crippen molar-refractivity contribution in [1.82, 2.24) is 10.6 Å². The van der Waals surface area contributed by atoms with Crippen LogP contribution in [-0.2, 0) is 4.74 Å². The summed E-state index contributed by atoms with van der Waals surface area (Å²) in [7, 11) is 0. The van der Waals surface area contributed by atoms with Gasteiger partial charge in [0.15, 0.2) is 0 Å². The topological polar surface area (TPSA) is 33.3 Å². The molecule has 0 radical (unpaired) electrons. The van der Waals surface area contributed by atoms with Crippen LogP contribution in [-0.4, -0.2) is 32.0 Å². The third-order valence-electron chi connectivity index (χ3n) is 3.80. The number of rotatable bonds is 1. The van der Waals surface area contributed by atoms with Crippen LogP contribution in [0.1, 0.15) is 33.6 Å². The van der Waals surface area contributed by atoms with Crippen molar-refractivity contribution < 1.29 is 4.74 Å². The average Bonchev–Trinajstić information content (AvgIpc) is 2.24. The minimum Gasteiger partial charge on any atom is -0.360 e. The summed E-state index contributed by atoms with van der Waals surface area (Å²) in [6, 6.07) is 0. The van der Waals surface area contributed by atoms with Crippen molar-refractivity contribution in [2.45, 2.75) is 39.3 Å². The maximum atomic E-state index is 6.08. The second-order valence-corrected chi connectivity index (χ2v) is 5.94. The Balaban J connectivity index is 0.00000128.